The monoisotopic (exact) mass is 164 g/mol. The zero-order valence-electron chi connectivity index (χ0n) is 5.65. The van der Waals surface area contributed by atoms with Crippen molar-refractivity contribution < 1.29 is 13.2 Å². The van der Waals surface area contributed by atoms with Gasteiger partial charge in [-0.1, -0.05) is 0 Å². The van der Waals surface area contributed by atoms with Crippen molar-refractivity contribution in [3.63, 3.8) is 0 Å². The third kappa shape index (κ3) is 1.63. The topological polar surface area (TPSA) is 35.8 Å². The second-order valence-electron chi connectivity index (χ2n) is 2.54. The lowest BCUT2D eigenvalue weighted by Gasteiger charge is -2.15. The zero-order chi connectivity index (χ0) is 8.48. The molecule has 5 heteroatoms. The van der Waals surface area contributed by atoms with Crippen LogP contribution in [0.15, 0.2) is 0 Å². The molecular weight excluding hydrogens is 157 g/mol. The van der Waals surface area contributed by atoms with Gasteiger partial charge in [0.05, 0.1) is 17.9 Å². The summed E-state index contributed by atoms with van der Waals surface area (Å²) in [5.74, 6) is -2.39. The van der Waals surface area contributed by atoms with E-state index < -0.39 is 18.0 Å². The van der Waals surface area contributed by atoms with E-state index in [1.54, 1.807) is 6.07 Å². The summed E-state index contributed by atoms with van der Waals surface area (Å²) in [6.45, 7) is 0.0302. The van der Waals surface area contributed by atoms with Crippen LogP contribution < -0.4 is 5.32 Å². The van der Waals surface area contributed by atoms with Crippen LogP contribution in [0.25, 0.3) is 0 Å². The van der Waals surface area contributed by atoms with Crippen molar-refractivity contribution in [3.8, 4) is 6.07 Å². The molecule has 0 amide bonds. The average molecular weight is 164 g/mol. The van der Waals surface area contributed by atoms with Crippen LogP contribution in [0.2, 0.25) is 0 Å². The molecule has 0 aromatic carbocycles. The normalized spacial score (nSPS) is 31.8. The van der Waals surface area contributed by atoms with Gasteiger partial charge in [-0.15, -0.1) is 0 Å². The SMILES string of the molecule is N#C[C@H]1CNC[C@@H]1C(F)(F)F. The number of alkyl halides is 3. The number of nitrogens with zero attached hydrogens (tertiary/aromatic N) is 1. The van der Waals surface area contributed by atoms with Gasteiger partial charge in [-0.3, -0.25) is 0 Å². The zero-order valence-corrected chi connectivity index (χ0v) is 5.65. The molecule has 0 aromatic heterocycles. The molecule has 0 aromatic rings. The van der Waals surface area contributed by atoms with Crippen LogP contribution in [-0.2, 0) is 0 Å². The summed E-state index contributed by atoms with van der Waals surface area (Å²) >= 11 is 0. The smallest absolute Gasteiger partial charge is 0.315 e. The lowest BCUT2D eigenvalue weighted by molar-refractivity contribution is -0.174. The van der Waals surface area contributed by atoms with Crippen molar-refractivity contribution in [2.24, 2.45) is 11.8 Å². The predicted octanol–water partition coefficient (Wildman–Crippen LogP) is 0.908. The van der Waals surface area contributed by atoms with E-state index in [4.69, 9.17) is 5.26 Å². The molecular formula is C6H7F3N2. The summed E-state index contributed by atoms with van der Waals surface area (Å²) in [6, 6.07) is 1.64. The quantitative estimate of drug-likeness (QED) is 0.577. The largest absolute Gasteiger partial charge is 0.394 e. The molecule has 0 bridgehead atoms. The summed E-state index contributed by atoms with van der Waals surface area (Å²) in [6.07, 6.45) is -4.23. The van der Waals surface area contributed by atoms with E-state index in [0.717, 1.165) is 0 Å². The fourth-order valence-electron chi connectivity index (χ4n) is 1.16. The molecule has 0 saturated carbocycles. The van der Waals surface area contributed by atoms with E-state index in [0.29, 0.717) is 0 Å². The Morgan fingerprint density at radius 3 is 2.36 bits per heavy atom. The van der Waals surface area contributed by atoms with Gasteiger partial charge < -0.3 is 5.32 Å². The standard InChI is InChI=1S/C6H7F3N2/c7-6(8,9)5-3-11-2-4(5)1-10/h4-5,11H,2-3H2/t4-,5-/m0/s1. The Labute approximate surface area is 62.0 Å². The van der Waals surface area contributed by atoms with Gasteiger partial charge in [0.25, 0.3) is 0 Å². The Morgan fingerprint density at radius 1 is 1.36 bits per heavy atom. The lowest BCUT2D eigenvalue weighted by atomic mass is 9.97. The molecule has 11 heavy (non-hydrogen) atoms. The molecule has 1 heterocycles. The van der Waals surface area contributed by atoms with Crippen molar-refractivity contribution in [1.29, 1.82) is 5.26 Å². The Morgan fingerprint density at radius 2 is 2.00 bits per heavy atom. The molecule has 1 fully saturated rings. The second kappa shape index (κ2) is 2.70. The average Bonchev–Trinajstić information content (AvgIpc) is 2.31. The predicted molar refractivity (Wildman–Crippen MR) is 31.5 cm³/mol. The minimum atomic E-state index is -4.23. The van der Waals surface area contributed by atoms with Crippen molar-refractivity contribution in [2.75, 3.05) is 13.1 Å². The Bertz CT molecular complexity index is 181. The van der Waals surface area contributed by atoms with Crippen LogP contribution in [0.1, 0.15) is 0 Å². The molecule has 1 aliphatic rings. The fourth-order valence-corrected chi connectivity index (χ4v) is 1.16. The van der Waals surface area contributed by atoms with Crippen LogP contribution in [0.5, 0.6) is 0 Å². The third-order valence-corrected chi connectivity index (χ3v) is 1.80. The molecule has 1 saturated heterocycles. The van der Waals surface area contributed by atoms with Crippen LogP contribution in [0, 0.1) is 23.2 Å². The van der Waals surface area contributed by atoms with Crippen molar-refractivity contribution in [3.05, 3.63) is 0 Å². The van der Waals surface area contributed by atoms with E-state index >= 15 is 0 Å². The minimum absolute atomic E-state index is 0.123. The highest BCUT2D eigenvalue weighted by atomic mass is 19.4. The molecule has 62 valence electrons. The highest BCUT2D eigenvalue weighted by Gasteiger charge is 2.47. The number of hydrogen-bond donors (Lipinski definition) is 1. The maximum atomic E-state index is 12.0. The lowest BCUT2D eigenvalue weighted by Crippen LogP contribution is -2.29. The van der Waals surface area contributed by atoms with Gasteiger partial charge in [0, 0.05) is 13.1 Å². The summed E-state index contributed by atoms with van der Waals surface area (Å²) in [5, 5.41) is 10.8. The van der Waals surface area contributed by atoms with Gasteiger partial charge in [-0.25, -0.2) is 0 Å². The number of halogens is 3. The first-order valence-corrected chi connectivity index (χ1v) is 3.22. The molecule has 1 N–H and O–H groups in total. The second-order valence-corrected chi connectivity index (χ2v) is 2.54. The van der Waals surface area contributed by atoms with Gasteiger partial charge in [0.2, 0.25) is 0 Å². The molecule has 0 aliphatic carbocycles. The summed E-state index contributed by atoms with van der Waals surface area (Å²) in [5.41, 5.74) is 0. The molecule has 0 unspecified atom stereocenters. The Kier molecular flexibility index (Phi) is 2.05. The van der Waals surface area contributed by atoms with Gasteiger partial charge in [0.15, 0.2) is 0 Å². The first-order chi connectivity index (χ1) is 5.05. The van der Waals surface area contributed by atoms with Gasteiger partial charge >= 0.3 is 6.18 Å². The third-order valence-electron chi connectivity index (χ3n) is 1.80. The number of hydrogen-bond acceptors (Lipinski definition) is 2. The Balaban J connectivity index is 2.66. The van der Waals surface area contributed by atoms with E-state index in [1.165, 1.54) is 0 Å². The van der Waals surface area contributed by atoms with E-state index in [-0.39, 0.29) is 13.1 Å². The summed E-state index contributed by atoms with van der Waals surface area (Å²) in [7, 11) is 0. The van der Waals surface area contributed by atoms with Gasteiger partial charge in [-0.05, 0) is 0 Å². The summed E-state index contributed by atoms with van der Waals surface area (Å²) < 4.78 is 36.0. The van der Waals surface area contributed by atoms with Crippen LogP contribution in [0.4, 0.5) is 13.2 Å². The number of nitrogens with one attached hydrogen (secondary N) is 1. The highest BCUT2D eigenvalue weighted by Crippen LogP contribution is 2.33. The van der Waals surface area contributed by atoms with E-state index in [1.807, 2.05) is 0 Å². The molecule has 1 aliphatic heterocycles. The van der Waals surface area contributed by atoms with Crippen LogP contribution >= 0.6 is 0 Å². The molecule has 1 rings (SSSR count). The number of rotatable bonds is 0. The first-order valence-electron chi connectivity index (χ1n) is 3.22. The Hall–Kier alpha value is -0.760. The fraction of sp³-hybridized carbons (Fsp3) is 0.833. The number of nitriles is 1. The first kappa shape index (κ1) is 8.34. The van der Waals surface area contributed by atoms with E-state index in [9.17, 15) is 13.2 Å². The highest BCUT2D eigenvalue weighted by molar-refractivity contribution is 4.97. The van der Waals surface area contributed by atoms with Crippen molar-refractivity contribution >= 4 is 0 Å². The van der Waals surface area contributed by atoms with Crippen molar-refractivity contribution in [1.82, 2.24) is 5.32 Å². The van der Waals surface area contributed by atoms with E-state index in [2.05, 4.69) is 5.32 Å². The molecule has 2 atom stereocenters. The maximum Gasteiger partial charge on any atom is 0.394 e. The van der Waals surface area contributed by atoms with Gasteiger partial charge in [-0.2, -0.15) is 18.4 Å². The van der Waals surface area contributed by atoms with Gasteiger partial charge in [0.1, 0.15) is 0 Å². The molecule has 2 nitrogen and oxygen atoms in total. The summed E-state index contributed by atoms with van der Waals surface area (Å²) in [4.78, 5) is 0. The van der Waals surface area contributed by atoms with Crippen molar-refractivity contribution in [2.45, 2.75) is 6.18 Å². The minimum Gasteiger partial charge on any atom is -0.315 e. The molecule has 0 radical (unpaired) electrons. The molecule has 0 spiro atoms. The van der Waals surface area contributed by atoms with Crippen LogP contribution in [0.3, 0.4) is 0 Å². The van der Waals surface area contributed by atoms with Crippen LogP contribution in [-0.4, -0.2) is 19.3 Å². The maximum absolute atomic E-state index is 12.0.